The molecule has 0 spiro atoms. The molecule has 3 aromatic rings. The third-order valence-electron chi connectivity index (χ3n) is 4.03. The molecular formula is C20H24ClN4O-. The van der Waals surface area contributed by atoms with Gasteiger partial charge in [0.2, 0.25) is 0 Å². The molecule has 0 saturated heterocycles. The van der Waals surface area contributed by atoms with Gasteiger partial charge in [0.15, 0.2) is 5.82 Å². The Labute approximate surface area is 160 Å². The first kappa shape index (κ1) is 19.9. The van der Waals surface area contributed by atoms with Gasteiger partial charge < -0.3 is 27.4 Å². The summed E-state index contributed by atoms with van der Waals surface area (Å²) in [4.78, 5) is 11.7. The van der Waals surface area contributed by atoms with Crippen molar-refractivity contribution in [3.05, 3.63) is 48.5 Å². The van der Waals surface area contributed by atoms with Crippen molar-refractivity contribution in [1.82, 2.24) is 14.9 Å². The van der Waals surface area contributed by atoms with E-state index in [0.717, 1.165) is 53.4 Å². The van der Waals surface area contributed by atoms with Gasteiger partial charge in [-0.1, -0.05) is 12.1 Å². The van der Waals surface area contributed by atoms with Gasteiger partial charge >= 0.3 is 0 Å². The molecule has 0 aliphatic heterocycles. The maximum atomic E-state index is 5.23. The summed E-state index contributed by atoms with van der Waals surface area (Å²) in [5.41, 5.74) is 1.92. The molecule has 0 amide bonds. The number of hydrogen-bond acceptors (Lipinski definition) is 5. The van der Waals surface area contributed by atoms with Gasteiger partial charge in [-0.2, -0.15) is 0 Å². The largest absolute Gasteiger partial charge is 1.00 e. The molecule has 0 fully saturated rings. The summed E-state index contributed by atoms with van der Waals surface area (Å²) in [5, 5.41) is 4.52. The van der Waals surface area contributed by atoms with E-state index in [1.54, 1.807) is 7.11 Å². The highest BCUT2D eigenvalue weighted by Gasteiger charge is 2.09. The number of aromatic nitrogens is 2. The summed E-state index contributed by atoms with van der Waals surface area (Å²) >= 11 is 0. The van der Waals surface area contributed by atoms with Crippen molar-refractivity contribution < 1.29 is 17.1 Å². The van der Waals surface area contributed by atoms with Gasteiger partial charge in [0.1, 0.15) is 11.6 Å². The summed E-state index contributed by atoms with van der Waals surface area (Å²) in [5.74, 6) is 2.43. The van der Waals surface area contributed by atoms with Crippen molar-refractivity contribution in [2.24, 2.45) is 0 Å². The van der Waals surface area contributed by atoms with Crippen LogP contribution in [0.5, 0.6) is 5.75 Å². The molecule has 3 rings (SSSR count). The average molecular weight is 372 g/mol. The van der Waals surface area contributed by atoms with E-state index in [1.165, 1.54) is 0 Å². The Morgan fingerprint density at radius 2 is 1.73 bits per heavy atom. The monoisotopic (exact) mass is 371 g/mol. The molecule has 5 nitrogen and oxygen atoms in total. The lowest BCUT2D eigenvalue weighted by atomic mass is 10.1. The Hall–Kier alpha value is -2.37. The Morgan fingerprint density at radius 3 is 2.42 bits per heavy atom. The maximum absolute atomic E-state index is 5.23. The number of anilines is 1. The molecule has 0 saturated carbocycles. The van der Waals surface area contributed by atoms with Crippen LogP contribution in [0.4, 0.5) is 5.82 Å². The molecule has 26 heavy (non-hydrogen) atoms. The second kappa shape index (κ2) is 9.36. The lowest BCUT2D eigenvalue weighted by Crippen LogP contribution is -3.00. The van der Waals surface area contributed by atoms with E-state index in [-0.39, 0.29) is 12.4 Å². The zero-order valence-corrected chi connectivity index (χ0v) is 16.1. The van der Waals surface area contributed by atoms with Crippen molar-refractivity contribution in [2.45, 2.75) is 6.42 Å². The number of hydrogen-bond donors (Lipinski definition) is 1. The minimum Gasteiger partial charge on any atom is -1.00 e. The molecule has 1 N–H and O–H groups in total. The molecule has 0 radical (unpaired) electrons. The first-order valence-electron chi connectivity index (χ1n) is 8.47. The smallest absolute Gasteiger partial charge is 0.162 e. The van der Waals surface area contributed by atoms with Crippen molar-refractivity contribution in [3.63, 3.8) is 0 Å². The minimum atomic E-state index is 0. The fourth-order valence-electron chi connectivity index (χ4n) is 2.68. The number of nitrogens with zero attached hydrogens (tertiary/aromatic N) is 3. The molecule has 0 aliphatic rings. The van der Waals surface area contributed by atoms with E-state index in [0.29, 0.717) is 0 Å². The number of nitrogens with one attached hydrogen (secondary N) is 1. The number of methoxy groups -OCH3 is 1. The SMILES string of the molecule is COc1ccc(-c2nc(NCCCN(C)C)c3ccccc3n2)cc1.[Cl-]. The summed E-state index contributed by atoms with van der Waals surface area (Å²) in [6.45, 7) is 1.92. The predicted octanol–water partition coefficient (Wildman–Crippen LogP) is 0.673. The normalized spacial score (nSPS) is 10.6. The lowest BCUT2D eigenvalue weighted by Gasteiger charge is -2.13. The van der Waals surface area contributed by atoms with Gasteiger partial charge in [-0.15, -0.1) is 0 Å². The maximum Gasteiger partial charge on any atom is 0.162 e. The molecule has 0 bridgehead atoms. The first-order valence-corrected chi connectivity index (χ1v) is 8.47. The van der Waals surface area contributed by atoms with Crippen LogP contribution in [0.2, 0.25) is 0 Å². The number of rotatable bonds is 7. The van der Waals surface area contributed by atoms with Crippen LogP contribution < -0.4 is 22.5 Å². The van der Waals surface area contributed by atoms with Crippen LogP contribution in [0.15, 0.2) is 48.5 Å². The van der Waals surface area contributed by atoms with E-state index < -0.39 is 0 Å². The fraction of sp³-hybridized carbons (Fsp3) is 0.300. The van der Waals surface area contributed by atoms with Gasteiger partial charge in [0.25, 0.3) is 0 Å². The Morgan fingerprint density at radius 1 is 1.00 bits per heavy atom. The van der Waals surface area contributed by atoms with E-state index in [1.807, 2.05) is 42.5 Å². The van der Waals surface area contributed by atoms with Crippen molar-refractivity contribution in [3.8, 4) is 17.1 Å². The zero-order chi connectivity index (χ0) is 17.6. The number of para-hydroxylation sites is 1. The highest BCUT2D eigenvalue weighted by molar-refractivity contribution is 5.90. The third kappa shape index (κ3) is 4.84. The van der Waals surface area contributed by atoms with Crippen LogP contribution in [0, 0.1) is 0 Å². The van der Waals surface area contributed by atoms with E-state index in [9.17, 15) is 0 Å². The fourth-order valence-corrected chi connectivity index (χ4v) is 2.68. The molecular weight excluding hydrogens is 348 g/mol. The zero-order valence-electron chi connectivity index (χ0n) is 15.4. The minimum absolute atomic E-state index is 0. The van der Waals surface area contributed by atoms with Gasteiger partial charge in [0.05, 0.1) is 12.6 Å². The van der Waals surface area contributed by atoms with E-state index >= 15 is 0 Å². The average Bonchev–Trinajstić information content (AvgIpc) is 2.65. The van der Waals surface area contributed by atoms with Crippen LogP contribution in [0.1, 0.15) is 6.42 Å². The quantitative estimate of drug-likeness (QED) is 0.619. The van der Waals surface area contributed by atoms with Crippen molar-refractivity contribution in [1.29, 1.82) is 0 Å². The van der Waals surface area contributed by atoms with Crippen LogP contribution in [-0.2, 0) is 0 Å². The summed E-state index contributed by atoms with van der Waals surface area (Å²) in [7, 11) is 5.83. The van der Waals surface area contributed by atoms with Gasteiger partial charge in [-0.25, -0.2) is 9.97 Å². The second-order valence-electron chi connectivity index (χ2n) is 6.23. The standard InChI is InChI=1S/C20H24N4O.ClH/c1-24(2)14-6-13-21-20-17-7-4-5-8-18(17)22-19(23-20)15-9-11-16(25-3)12-10-15;/h4-5,7-12H,6,13-14H2,1-3H3,(H,21,22,23);1H/p-1. The molecule has 0 aliphatic carbocycles. The molecule has 0 unspecified atom stereocenters. The number of halogens is 1. The highest BCUT2D eigenvalue weighted by Crippen LogP contribution is 2.26. The molecule has 0 atom stereocenters. The van der Waals surface area contributed by atoms with E-state index in [4.69, 9.17) is 14.7 Å². The molecule has 6 heteroatoms. The first-order chi connectivity index (χ1) is 12.2. The summed E-state index contributed by atoms with van der Waals surface area (Å²) in [6, 6.07) is 15.9. The summed E-state index contributed by atoms with van der Waals surface area (Å²) < 4.78 is 5.23. The number of ether oxygens (including phenoxy) is 1. The van der Waals surface area contributed by atoms with E-state index in [2.05, 4.69) is 30.4 Å². The summed E-state index contributed by atoms with van der Waals surface area (Å²) in [6.07, 6.45) is 1.06. The van der Waals surface area contributed by atoms with Crippen LogP contribution >= 0.6 is 0 Å². The van der Waals surface area contributed by atoms with Gasteiger partial charge in [-0.05, 0) is 63.5 Å². The Bertz CT molecular complexity index is 837. The second-order valence-corrected chi connectivity index (χ2v) is 6.23. The molecule has 2 aromatic carbocycles. The van der Waals surface area contributed by atoms with Gasteiger partial charge in [-0.3, -0.25) is 0 Å². The molecule has 1 aromatic heterocycles. The van der Waals surface area contributed by atoms with Crippen molar-refractivity contribution in [2.75, 3.05) is 39.6 Å². The van der Waals surface area contributed by atoms with Crippen LogP contribution in [-0.4, -0.2) is 49.2 Å². The highest BCUT2D eigenvalue weighted by atomic mass is 35.5. The van der Waals surface area contributed by atoms with Crippen molar-refractivity contribution >= 4 is 16.7 Å². The Kier molecular flexibility index (Phi) is 7.18. The number of fused-ring (bicyclic) bond motifs is 1. The Balaban J connectivity index is 0.00000243. The van der Waals surface area contributed by atoms with Crippen LogP contribution in [0.3, 0.4) is 0 Å². The lowest BCUT2D eigenvalue weighted by molar-refractivity contribution is -0.00000558. The topological polar surface area (TPSA) is 50.3 Å². The molecule has 138 valence electrons. The van der Waals surface area contributed by atoms with Gasteiger partial charge in [0, 0.05) is 17.5 Å². The molecule has 1 heterocycles. The predicted molar refractivity (Wildman–Crippen MR) is 103 cm³/mol. The number of benzene rings is 2. The third-order valence-corrected chi connectivity index (χ3v) is 4.03. The van der Waals surface area contributed by atoms with Crippen LogP contribution in [0.25, 0.3) is 22.3 Å².